The molecule has 6 nitrogen and oxygen atoms in total. The lowest BCUT2D eigenvalue weighted by molar-refractivity contribution is -0.124. The third-order valence-electron chi connectivity index (χ3n) is 3.63. The van der Waals surface area contributed by atoms with Crippen molar-refractivity contribution < 1.29 is 14.3 Å². The van der Waals surface area contributed by atoms with Gasteiger partial charge in [-0.25, -0.2) is 4.98 Å². The number of imidazole rings is 1. The van der Waals surface area contributed by atoms with E-state index in [9.17, 15) is 4.79 Å². The minimum atomic E-state index is -0.320. The van der Waals surface area contributed by atoms with E-state index in [0.29, 0.717) is 13.2 Å². The maximum Gasteiger partial charge on any atom is 0.253 e. The van der Waals surface area contributed by atoms with E-state index in [0.717, 1.165) is 30.1 Å². The minimum Gasteiger partial charge on any atom is -0.486 e. The summed E-state index contributed by atoms with van der Waals surface area (Å²) in [5.41, 5.74) is 0.741. The van der Waals surface area contributed by atoms with Gasteiger partial charge in [0.1, 0.15) is 24.3 Å². The molecule has 3 rings (SSSR count). The third kappa shape index (κ3) is 3.46. The first-order chi connectivity index (χ1) is 10.7. The summed E-state index contributed by atoms with van der Waals surface area (Å²) in [6.45, 7) is 1.07. The molecule has 0 bridgehead atoms. The van der Waals surface area contributed by atoms with Gasteiger partial charge in [-0.05, 0) is 37.1 Å². The van der Waals surface area contributed by atoms with Crippen LogP contribution >= 0.6 is 0 Å². The van der Waals surface area contributed by atoms with Gasteiger partial charge >= 0.3 is 0 Å². The second-order valence-electron chi connectivity index (χ2n) is 5.26. The Balaban J connectivity index is 1.53. The Labute approximate surface area is 129 Å². The summed E-state index contributed by atoms with van der Waals surface area (Å²) < 4.78 is 12.9. The highest BCUT2D eigenvalue weighted by atomic mass is 16.5. The standard InChI is InChI=1S/C16H19N3O3/c1-19-9-8-17-15(19)11-22-13-6-4-12(5-7-13)18-16(20)14-3-2-10-21-14/h4-9,14H,2-3,10-11H2,1H3,(H,18,20)/t14-/m0/s1. The van der Waals surface area contributed by atoms with E-state index in [1.807, 2.05) is 42.1 Å². The van der Waals surface area contributed by atoms with Crippen molar-refractivity contribution >= 4 is 11.6 Å². The summed E-state index contributed by atoms with van der Waals surface area (Å²) >= 11 is 0. The quantitative estimate of drug-likeness (QED) is 0.918. The van der Waals surface area contributed by atoms with Crippen LogP contribution in [0.4, 0.5) is 5.69 Å². The number of anilines is 1. The van der Waals surface area contributed by atoms with Crippen LogP contribution in [0.25, 0.3) is 0 Å². The molecule has 1 aromatic heterocycles. The summed E-state index contributed by atoms with van der Waals surface area (Å²) in [5.74, 6) is 1.51. The van der Waals surface area contributed by atoms with E-state index < -0.39 is 0 Å². The molecule has 1 aromatic carbocycles. The number of rotatable bonds is 5. The average Bonchev–Trinajstić information content (AvgIpc) is 3.18. The number of amides is 1. The van der Waals surface area contributed by atoms with Crippen LogP contribution in [-0.2, 0) is 23.2 Å². The molecule has 0 aliphatic carbocycles. The molecule has 0 radical (unpaired) electrons. The molecule has 1 saturated heterocycles. The Morgan fingerprint density at radius 3 is 2.91 bits per heavy atom. The zero-order valence-corrected chi connectivity index (χ0v) is 12.5. The summed E-state index contributed by atoms with van der Waals surface area (Å²) in [6.07, 6.45) is 5.03. The number of hydrogen-bond acceptors (Lipinski definition) is 4. The van der Waals surface area contributed by atoms with Crippen molar-refractivity contribution in [3.8, 4) is 5.75 Å². The maximum absolute atomic E-state index is 11.9. The molecule has 116 valence electrons. The Morgan fingerprint density at radius 1 is 1.45 bits per heavy atom. The van der Waals surface area contributed by atoms with Gasteiger partial charge in [-0.1, -0.05) is 0 Å². The van der Waals surface area contributed by atoms with Crippen LogP contribution in [0.3, 0.4) is 0 Å². The lowest BCUT2D eigenvalue weighted by Gasteiger charge is -2.11. The normalized spacial score (nSPS) is 17.4. The maximum atomic E-state index is 11.9. The first-order valence-electron chi connectivity index (χ1n) is 7.34. The number of aryl methyl sites for hydroxylation is 1. The highest BCUT2D eigenvalue weighted by molar-refractivity contribution is 5.94. The number of nitrogens with zero attached hydrogens (tertiary/aromatic N) is 2. The van der Waals surface area contributed by atoms with Gasteiger partial charge in [-0.2, -0.15) is 0 Å². The molecule has 6 heteroatoms. The van der Waals surface area contributed by atoms with Gasteiger partial charge in [0.15, 0.2) is 0 Å². The second-order valence-corrected chi connectivity index (χ2v) is 5.26. The molecule has 1 amide bonds. The topological polar surface area (TPSA) is 65.4 Å². The van der Waals surface area contributed by atoms with Gasteiger partial charge < -0.3 is 19.4 Å². The first-order valence-corrected chi connectivity index (χ1v) is 7.34. The molecule has 1 N–H and O–H groups in total. The Morgan fingerprint density at radius 2 is 2.27 bits per heavy atom. The third-order valence-corrected chi connectivity index (χ3v) is 3.63. The molecule has 1 aliphatic rings. The molecule has 22 heavy (non-hydrogen) atoms. The summed E-state index contributed by atoms with van der Waals surface area (Å²) in [6, 6.07) is 7.29. The molecule has 0 spiro atoms. The zero-order chi connectivity index (χ0) is 15.4. The van der Waals surface area contributed by atoms with Gasteiger partial charge in [0, 0.05) is 31.7 Å². The number of hydrogen-bond donors (Lipinski definition) is 1. The molecule has 1 fully saturated rings. The highest BCUT2D eigenvalue weighted by Gasteiger charge is 2.23. The number of aromatic nitrogens is 2. The van der Waals surface area contributed by atoms with Crippen LogP contribution in [0.5, 0.6) is 5.75 Å². The Bertz CT molecular complexity index is 630. The first kappa shape index (κ1) is 14.6. The fourth-order valence-corrected chi connectivity index (χ4v) is 2.33. The smallest absolute Gasteiger partial charge is 0.253 e. The second kappa shape index (κ2) is 6.62. The van der Waals surface area contributed by atoms with Crippen LogP contribution in [0.2, 0.25) is 0 Å². The summed E-state index contributed by atoms with van der Waals surface area (Å²) in [5, 5.41) is 2.85. The summed E-state index contributed by atoms with van der Waals surface area (Å²) in [4.78, 5) is 16.1. The lowest BCUT2D eigenvalue weighted by atomic mass is 10.2. The van der Waals surface area contributed by atoms with E-state index in [-0.39, 0.29) is 12.0 Å². The molecule has 1 atom stereocenters. The van der Waals surface area contributed by atoms with Gasteiger partial charge in [-0.3, -0.25) is 4.79 Å². The Kier molecular flexibility index (Phi) is 4.39. The predicted molar refractivity (Wildman–Crippen MR) is 81.6 cm³/mol. The van der Waals surface area contributed by atoms with E-state index in [2.05, 4.69) is 10.3 Å². The fraction of sp³-hybridized carbons (Fsp3) is 0.375. The number of benzene rings is 1. The molecule has 1 aliphatic heterocycles. The van der Waals surface area contributed by atoms with Crippen molar-refractivity contribution in [3.63, 3.8) is 0 Å². The molecular weight excluding hydrogens is 282 g/mol. The lowest BCUT2D eigenvalue weighted by Crippen LogP contribution is -2.26. The predicted octanol–water partition coefficient (Wildman–Crippen LogP) is 2.12. The van der Waals surface area contributed by atoms with Gasteiger partial charge in [-0.15, -0.1) is 0 Å². The largest absolute Gasteiger partial charge is 0.486 e. The van der Waals surface area contributed by atoms with Crippen molar-refractivity contribution in [2.75, 3.05) is 11.9 Å². The van der Waals surface area contributed by atoms with E-state index in [1.165, 1.54) is 0 Å². The van der Waals surface area contributed by atoms with Crippen LogP contribution in [0.1, 0.15) is 18.7 Å². The monoisotopic (exact) mass is 301 g/mol. The average molecular weight is 301 g/mol. The van der Waals surface area contributed by atoms with E-state index >= 15 is 0 Å². The van der Waals surface area contributed by atoms with Crippen LogP contribution in [0.15, 0.2) is 36.7 Å². The van der Waals surface area contributed by atoms with Gasteiger partial charge in [0.2, 0.25) is 0 Å². The SMILES string of the molecule is Cn1ccnc1COc1ccc(NC(=O)[C@@H]2CCCO2)cc1. The number of ether oxygens (including phenoxy) is 2. The fourth-order valence-electron chi connectivity index (χ4n) is 2.33. The van der Waals surface area contributed by atoms with Gasteiger partial charge in [0.05, 0.1) is 0 Å². The summed E-state index contributed by atoms with van der Waals surface area (Å²) in [7, 11) is 1.93. The highest BCUT2D eigenvalue weighted by Crippen LogP contribution is 2.19. The number of carbonyl (C=O) groups is 1. The molecule has 2 heterocycles. The number of nitrogens with one attached hydrogen (secondary N) is 1. The molecule has 2 aromatic rings. The molecule has 0 saturated carbocycles. The van der Waals surface area contributed by atoms with Crippen molar-refractivity contribution in [1.29, 1.82) is 0 Å². The van der Waals surface area contributed by atoms with E-state index in [1.54, 1.807) is 6.20 Å². The molecular formula is C16H19N3O3. The Hall–Kier alpha value is -2.34. The van der Waals surface area contributed by atoms with Crippen molar-refractivity contribution in [1.82, 2.24) is 9.55 Å². The van der Waals surface area contributed by atoms with Crippen molar-refractivity contribution in [3.05, 3.63) is 42.5 Å². The zero-order valence-electron chi connectivity index (χ0n) is 12.5. The minimum absolute atomic E-state index is 0.0841. The number of carbonyl (C=O) groups excluding carboxylic acids is 1. The van der Waals surface area contributed by atoms with Crippen molar-refractivity contribution in [2.24, 2.45) is 7.05 Å². The van der Waals surface area contributed by atoms with Crippen LogP contribution in [0, 0.1) is 0 Å². The molecule has 0 unspecified atom stereocenters. The van der Waals surface area contributed by atoms with Crippen LogP contribution < -0.4 is 10.1 Å². The van der Waals surface area contributed by atoms with E-state index in [4.69, 9.17) is 9.47 Å². The van der Waals surface area contributed by atoms with Crippen LogP contribution in [-0.4, -0.2) is 28.2 Å². The van der Waals surface area contributed by atoms with Crippen molar-refractivity contribution in [2.45, 2.75) is 25.6 Å². The van der Waals surface area contributed by atoms with Gasteiger partial charge in [0.25, 0.3) is 5.91 Å².